The second-order valence-electron chi connectivity index (χ2n) is 4.39. The van der Waals surface area contributed by atoms with Gasteiger partial charge in [-0.15, -0.1) is 11.3 Å². The maximum absolute atomic E-state index is 11.8. The Morgan fingerprint density at radius 1 is 1.53 bits per heavy atom. The fraction of sp³-hybridized carbons (Fsp3) is 0.636. The number of aromatic nitrogens is 1. The Balaban J connectivity index is 1.87. The van der Waals surface area contributed by atoms with Gasteiger partial charge in [0.15, 0.2) is 0 Å². The number of rotatable bonds is 4. The zero-order chi connectivity index (χ0) is 10.7. The van der Waals surface area contributed by atoms with E-state index in [0.29, 0.717) is 12.8 Å². The van der Waals surface area contributed by atoms with E-state index in [1.165, 1.54) is 24.2 Å². The molecular formula is C11H16N2OS. The molecule has 1 aliphatic rings. The van der Waals surface area contributed by atoms with Crippen LogP contribution in [0, 0.1) is 0 Å². The third kappa shape index (κ3) is 2.86. The van der Waals surface area contributed by atoms with Crippen molar-refractivity contribution in [2.45, 2.75) is 44.1 Å². The van der Waals surface area contributed by atoms with Crippen LogP contribution in [0.4, 0.5) is 0 Å². The van der Waals surface area contributed by atoms with E-state index in [-0.39, 0.29) is 11.3 Å². The molecule has 1 fully saturated rings. The molecule has 15 heavy (non-hydrogen) atoms. The lowest BCUT2D eigenvalue weighted by molar-refractivity contribution is -0.119. The lowest BCUT2D eigenvalue weighted by atomic mass is 9.91. The van der Waals surface area contributed by atoms with Crippen LogP contribution in [0.15, 0.2) is 11.6 Å². The van der Waals surface area contributed by atoms with Gasteiger partial charge in [-0.2, -0.15) is 0 Å². The maximum atomic E-state index is 11.8. The summed E-state index contributed by atoms with van der Waals surface area (Å²) >= 11 is 1.54. The number of ketones is 1. The van der Waals surface area contributed by atoms with Gasteiger partial charge in [0.25, 0.3) is 0 Å². The van der Waals surface area contributed by atoms with Crippen LogP contribution in [0.25, 0.3) is 0 Å². The number of carbonyl (C=O) groups excluding carboxylic acids is 1. The molecule has 0 saturated heterocycles. The second-order valence-corrected chi connectivity index (χ2v) is 5.37. The molecule has 1 aromatic heterocycles. The minimum absolute atomic E-state index is 0.214. The van der Waals surface area contributed by atoms with Crippen LogP contribution < -0.4 is 5.73 Å². The molecule has 1 heterocycles. The fourth-order valence-electron chi connectivity index (χ4n) is 2.22. The van der Waals surface area contributed by atoms with Crippen LogP contribution in [-0.4, -0.2) is 16.3 Å². The summed E-state index contributed by atoms with van der Waals surface area (Å²) in [4.78, 5) is 15.9. The standard InChI is InChI=1S/C11H16N2OS/c12-11(3-1-2-4-11)8-9(14)7-10-13-5-6-15-10/h5-6H,1-4,7-8,12H2. The van der Waals surface area contributed by atoms with Gasteiger partial charge in [0.05, 0.1) is 11.4 Å². The predicted molar refractivity (Wildman–Crippen MR) is 60.8 cm³/mol. The minimum Gasteiger partial charge on any atom is -0.325 e. The molecule has 0 spiro atoms. The molecule has 1 saturated carbocycles. The van der Waals surface area contributed by atoms with Crippen molar-refractivity contribution in [2.75, 3.05) is 0 Å². The minimum atomic E-state index is -0.214. The molecule has 1 aromatic rings. The average Bonchev–Trinajstić information content (AvgIpc) is 2.76. The average molecular weight is 224 g/mol. The molecule has 0 amide bonds. The largest absolute Gasteiger partial charge is 0.325 e. The monoisotopic (exact) mass is 224 g/mol. The summed E-state index contributed by atoms with van der Waals surface area (Å²) in [6, 6.07) is 0. The van der Waals surface area contributed by atoms with Gasteiger partial charge in [0.2, 0.25) is 0 Å². The van der Waals surface area contributed by atoms with Crippen LogP contribution in [-0.2, 0) is 11.2 Å². The van der Waals surface area contributed by atoms with Gasteiger partial charge in [-0.1, -0.05) is 12.8 Å². The van der Waals surface area contributed by atoms with E-state index >= 15 is 0 Å². The van der Waals surface area contributed by atoms with Gasteiger partial charge >= 0.3 is 0 Å². The number of thiazole rings is 1. The van der Waals surface area contributed by atoms with Gasteiger partial charge in [-0.05, 0) is 12.8 Å². The first-order valence-electron chi connectivity index (χ1n) is 5.37. The first-order valence-corrected chi connectivity index (χ1v) is 6.25. The van der Waals surface area contributed by atoms with Crippen molar-refractivity contribution in [1.82, 2.24) is 4.98 Å². The maximum Gasteiger partial charge on any atom is 0.141 e. The molecule has 0 aromatic carbocycles. The molecule has 0 atom stereocenters. The molecule has 82 valence electrons. The number of nitrogens with zero attached hydrogens (tertiary/aromatic N) is 1. The Bertz CT molecular complexity index is 328. The van der Waals surface area contributed by atoms with E-state index in [1.807, 2.05) is 5.38 Å². The van der Waals surface area contributed by atoms with E-state index in [2.05, 4.69) is 4.98 Å². The van der Waals surface area contributed by atoms with Crippen molar-refractivity contribution in [3.8, 4) is 0 Å². The molecule has 4 heteroatoms. The first kappa shape index (κ1) is 10.8. The van der Waals surface area contributed by atoms with Gasteiger partial charge < -0.3 is 5.73 Å². The Labute approximate surface area is 93.7 Å². The van der Waals surface area contributed by atoms with Crippen molar-refractivity contribution in [1.29, 1.82) is 0 Å². The van der Waals surface area contributed by atoms with E-state index in [1.54, 1.807) is 6.20 Å². The Kier molecular flexibility index (Phi) is 3.17. The number of hydrogen-bond acceptors (Lipinski definition) is 4. The first-order chi connectivity index (χ1) is 7.18. The molecule has 3 nitrogen and oxygen atoms in total. The van der Waals surface area contributed by atoms with Gasteiger partial charge in [0.1, 0.15) is 5.78 Å². The lowest BCUT2D eigenvalue weighted by Crippen LogP contribution is -2.39. The topological polar surface area (TPSA) is 56.0 Å². The molecule has 0 bridgehead atoms. The van der Waals surface area contributed by atoms with Crippen LogP contribution in [0.2, 0.25) is 0 Å². The van der Waals surface area contributed by atoms with Gasteiger partial charge in [0, 0.05) is 23.5 Å². The predicted octanol–water partition coefficient (Wildman–Crippen LogP) is 1.92. The molecule has 0 unspecified atom stereocenters. The van der Waals surface area contributed by atoms with Crippen LogP contribution >= 0.6 is 11.3 Å². The van der Waals surface area contributed by atoms with Crippen LogP contribution in [0.1, 0.15) is 37.1 Å². The van der Waals surface area contributed by atoms with Gasteiger partial charge in [-0.3, -0.25) is 4.79 Å². The summed E-state index contributed by atoms with van der Waals surface area (Å²) in [5.41, 5.74) is 5.94. The molecule has 0 radical (unpaired) electrons. The Morgan fingerprint density at radius 2 is 2.27 bits per heavy atom. The van der Waals surface area contributed by atoms with Crippen LogP contribution in [0.3, 0.4) is 0 Å². The smallest absolute Gasteiger partial charge is 0.141 e. The van der Waals surface area contributed by atoms with E-state index in [9.17, 15) is 4.79 Å². The highest BCUT2D eigenvalue weighted by molar-refractivity contribution is 7.09. The number of nitrogens with two attached hydrogens (primary N) is 1. The summed E-state index contributed by atoms with van der Waals surface area (Å²) in [7, 11) is 0. The normalized spacial score (nSPS) is 19.3. The van der Waals surface area contributed by atoms with Crippen molar-refractivity contribution in [2.24, 2.45) is 5.73 Å². The molecule has 0 aliphatic heterocycles. The zero-order valence-corrected chi connectivity index (χ0v) is 9.55. The highest BCUT2D eigenvalue weighted by atomic mass is 32.1. The van der Waals surface area contributed by atoms with Crippen LogP contribution in [0.5, 0.6) is 0 Å². The molecular weight excluding hydrogens is 208 g/mol. The Morgan fingerprint density at radius 3 is 2.87 bits per heavy atom. The number of Topliss-reactive ketones (excluding diaryl/α,β-unsaturated/α-hetero) is 1. The zero-order valence-electron chi connectivity index (χ0n) is 8.74. The van der Waals surface area contributed by atoms with E-state index < -0.39 is 0 Å². The second kappa shape index (κ2) is 4.41. The highest BCUT2D eigenvalue weighted by Crippen LogP contribution is 2.30. The van der Waals surface area contributed by atoms with Crippen molar-refractivity contribution >= 4 is 17.1 Å². The third-order valence-electron chi connectivity index (χ3n) is 2.98. The van der Waals surface area contributed by atoms with Crippen molar-refractivity contribution in [3.63, 3.8) is 0 Å². The van der Waals surface area contributed by atoms with E-state index in [0.717, 1.165) is 17.8 Å². The molecule has 1 aliphatic carbocycles. The summed E-state index contributed by atoms with van der Waals surface area (Å²) in [5.74, 6) is 0.231. The number of hydrogen-bond donors (Lipinski definition) is 1. The van der Waals surface area contributed by atoms with E-state index in [4.69, 9.17) is 5.73 Å². The third-order valence-corrected chi connectivity index (χ3v) is 3.76. The number of carbonyl (C=O) groups is 1. The lowest BCUT2D eigenvalue weighted by Gasteiger charge is -2.21. The molecule has 2 rings (SSSR count). The SMILES string of the molecule is NC1(CC(=O)Cc2nccs2)CCCC1. The highest BCUT2D eigenvalue weighted by Gasteiger charge is 2.31. The summed E-state index contributed by atoms with van der Waals surface area (Å²) in [5, 5.41) is 2.80. The summed E-state index contributed by atoms with van der Waals surface area (Å²) in [6.07, 6.45) is 7.04. The van der Waals surface area contributed by atoms with Gasteiger partial charge in [-0.25, -0.2) is 4.98 Å². The Hall–Kier alpha value is -0.740. The van der Waals surface area contributed by atoms with Crippen molar-refractivity contribution < 1.29 is 4.79 Å². The van der Waals surface area contributed by atoms with Crippen molar-refractivity contribution in [3.05, 3.63) is 16.6 Å². The fourth-order valence-corrected chi connectivity index (χ4v) is 2.86. The molecule has 2 N–H and O–H groups in total. The quantitative estimate of drug-likeness (QED) is 0.850. The summed E-state index contributed by atoms with van der Waals surface area (Å²) in [6.45, 7) is 0. The summed E-state index contributed by atoms with van der Waals surface area (Å²) < 4.78 is 0.